The van der Waals surface area contributed by atoms with Crippen LogP contribution in [0.15, 0.2) is 24.3 Å². The van der Waals surface area contributed by atoms with Gasteiger partial charge in [-0.3, -0.25) is 4.79 Å². The van der Waals surface area contributed by atoms with E-state index < -0.39 is 5.92 Å². The molecule has 0 N–H and O–H groups in total. The van der Waals surface area contributed by atoms with E-state index in [0.717, 1.165) is 0 Å². The van der Waals surface area contributed by atoms with Gasteiger partial charge in [0.1, 0.15) is 23.9 Å². The summed E-state index contributed by atoms with van der Waals surface area (Å²) < 4.78 is 32.9. The number of hydrogen-bond donors (Lipinski definition) is 0. The van der Waals surface area contributed by atoms with Crippen LogP contribution in [0, 0.1) is 0 Å². The van der Waals surface area contributed by atoms with Crippen molar-refractivity contribution in [3.8, 4) is 34.5 Å². The third kappa shape index (κ3) is 3.09. The number of Topliss-reactive ketones (excluding diaryl/α,β-unsaturated/α-hetero) is 1. The van der Waals surface area contributed by atoms with Gasteiger partial charge in [-0.05, 0) is 12.1 Å². The molecule has 0 radical (unpaired) electrons. The summed E-state index contributed by atoms with van der Waals surface area (Å²) >= 11 is 0. The Morgan fingerprint density at radius 1 is 0.852 bits per heavy atom. The molecule has 0 amide bonds. The highest BCUT2D eigenvalue weighted by Gasteiger charge is 2.36. The molecule has 144 valence electrons. The SMILES string of the molecule is COc1ccc2c(c1)OCC(c1c(OC)cc(OC)c(OC)c1OC)C2=O. The summed E-state index contributed by atoms with van der Waals surface area (Å²) in [6.07, 6.45) is 0. The van der Waals surface area contributed by atoms with Crippen LogP contribution in [0.25, 0.3) is 0 Å². The van der Waals surface area contributed by atoms with E-state index in [1.54, 1.807) is 31.4 Å². The lowest BCUT2D eigenvalue weighted by molar-refractivity contribution is 0.0891. The van der Waals surface area contributed by atoms with Gasteiger partial charge in [-0.15, -0.1) is 0 Å². The zero-order chi connectivity index (χ0) is 19.6. The Labute approximate surface area is 157 Å². The van der Waals surface area contributed by atoms with E-state index in [1.165, 1.54) is 28.4 Å². The Morgan fingerprint density at radius 2 is 1.56 bits per heavy atom. The maximum Gasteiger partial charge on any atom is 0.203 e. The van der Waals surface area contributed by atoms with Crippen molar-refractivity contribution >= 4 is 5.78 Å². The van der Waals surface area contributed by atoms with Gasteiger partial charge in [0.15, 0.2) is 17.3 Å². The Kier molecular flexibility index (Phi) is 5.30. The molecule has 1 atom stereocenters. The lowest BCUT2D eigenvalue weighted by Gasteiger charge is -2.28. The maximum absolute atomic E-state index is 13.2. The van der Waals surface area contributed by atoms with E-state index >= 15 is 0 Å². The number of fused-ring (bicyclic) bond motifs is 1. The van der Waals surface area contributed by atoms with Gasteiger partial charge in [-0.25, -0.2) is 0 Å². The van der Waals surface area contributed by atoms with Gasteiger partial charge < -0.3 is 28.4 Å². The first-order valence-corrected chi connectivity index (χ1v) is 8.31. The number of carbonyl (C=O) groups is 1. The first-order chi connectivity index (χ1) is 13.1. The monoisotopic (exact) mass is 374 g/mol. The second-order valence-electron chi connectivity index (χ2n) is 5.85. The highest BCUT2D eigenvalue weighted by Crippen LogP contribution is 2.50. The minimum absolute atomic E-state index is 0.0947. The number of hydrogen-bond acceptors (Lipinski definition) is 7. The lowest BCUT2D eigenvalue weighted by atomic mass is 9.87. The van der Waals surface area contributed by atoms with Gasteiger partial charge in [0, 0.05) is 12.1 Å². The van der Waals surface area contributed by atoms with Gasteiger partial charge in [0.2, 0.25) is 5.75 Å². The molecule has 27 heavy (non-hydrogen) atoms. The average molecular weight is 374 g/mol. The van der Waals surface area contributed by atoms with Crippen molar-refractivity contribution in [2.75, 3.05) is 42.2 Å². The van der Waals surface area contributed by atoms with E-state index in [0.29, 0.717) is 45.6 Å². The molecule has 2 aromatic carbocycles. The Balaban J connectivity index is 2.14. The Hall–Kier alpha value is -3.09. The largest absolute Gasteiger partial charge is 0.497 e. The highest BCUT2D eigenvalue weighted by atomic mass is 16.5. The predicted octanol–water partition coefficient (Wildman–Crippen LogP) is 3.09. The molecule has 0 aliphatic carbocycles. The number of carbonyl (C=O) groups excluding carboxylic acids is 1. The van der Waals surface area contributed by atoms with Crippen LogP contribution in [0.3, 0.4) is 0 Å². The second-order valence-corrected chi connectivity index (χ2v) is 5.85. The standard InChI is InChI=1S/C20H22O7/c1-22-11-6-7-12-14(8-11)27-10-13(18(12)21)17-15(23-2)9-16(24-3)19(25-4)20(17)26-5/h6-9,13H,10H2,1-5H3. The van der Waals surface area contributed by atoms with E-state index in [1.807, 2.05) is 0 Å². The maximum atomic E-state index is 13.2. The first-order valence-electron chi connectivity index (χ1n) is 8.31. The lowest BCUT2D eigenvalue weighted by Crippen LogP contribution is -2.27. The van der Waals surface area contributed by atoms with Crippen molar-refractivity contribution in [3.05, 3.63) is 35.4 Å². The molecule has 0 saturated carbocycles. The number of ether oxygens (including phenoxy) is 6. The second kappa shape index (κ2) is 7.65. The van der Waals surface area contributed by atoms with Crippen LogP contribution >= 0.6 is 0 Å². The van der Waals surface area contributed by atoms with Gasteiger partial charge in [-0.1, -0.05) is 0 Å². The van der Waals surface area contributed by atoms with Crippen molar-refractivity contribution in [1.82, 2.24) is 0 Å². The summed E-state index contributed by atoms with van der Waals surface area (Å²) in [6.45, 7) is 0.140. The summed E-state index contributed by atoms with van der Waals surface area (Å²) in [4.78, 5) is 13.2. The van der Waals surface area contributed by atoms with E-state index in [2.05, 4.69) is 0 Å². The number of rotatable bonds is 6. The Morgan fingerprint density at radius 3 is 2.15 bits per heavy atom. The smallest absolute Gasteiger partial charge is 0.203 e. The number of ketones is 1. The first kappa shape index (κ1) is 18.7. The summed E-state index contributed by atoms with van der Waals surface area (Å²) in [5.41, 5.74) is 1.04. The molecular formula is C20H22O7. The minimum Gasteiger partial charge on any atom is -0.497 e. The van der Waals surface area contributed by atoms with Gasteiger partial charge in [-0.2, -0.15) is 0 Å². The molecule has 2 aromatic rings. The van der Waals surface area contributed by atoms with Crippen molar-refractivity contribution < 1.29 is 33.2 Å². The molecular weight excluding hydrogens is 352 g/mol. The summed E-state index contributed by atoms with van der Waals surface area (Å²) in [5, 5.41) is 0. The molecule has 1 aliphatic rings. The molecule has 0 aromatic heterocycles. The zero-order valence-electron chi connectivity index (χ0n) is 16.0. The van der Waals surface area contributed by atoms with Crippen LogP contribution in [0.1, 0.15) is 21.8 Å². The third-order valence-electron chi connectivity index (χ3n) is 4.58. The van der Waals surface area contributed by atoms with Crippen molar-refractivity contribution in [2.45, 2.75) is 5.92 Å². The Bertz CT molecular complexity index is 860. The van der Waals surface area contributed by atoms with Crippen molar-refractivity contribution in [1.29, 1.82) is 0 Å². The van der Waals surface area contributed by atoms with E-state index in [9.17, 15) is 4.79 Å². The van der Waals surface area contributed by atoms with Gasteiger partial charge >= 0.3 is 0 Å². The van der Waals surface area contributed by atoms with Crippen LogP contribution in [0.2, 0.25) is 0 Å². The van der Waals surface area contributed by atoms with Crippen LogP contribution in [0.4, 0.5) is 0 Å². The molecule has 1 heterocycles. The van der Waals surface area contributed by atoms with Crippen LogP contribution in [-0.4, -0.2) is 47.9 Å². The van der Waals surface area contributed by atoms with Crippen molar-refractivity contribution in [3.63, 3.8) is 0 Å². The van der Waals surface area contributed by atoms with Crippen LogP contribution in [0.5, 0.6) is 34.5 Å². The normalized spacial score (nSPS) is 15.4. The molecule has 7 nitrogen and oxygen atoms in total. The summed E-state index contributed by atoms with van der Waals surface area (Å²) in [6, 6.07) is 6.80. The molecule has 0 bridgehead atoms. The summed E-state index contributed by atoms with van der Waals surface area (Å²) in [7, 11) is 7.63. The van der Waals surface area contributed by atoms with Gasteiger partial charge in [0.25, 0.3) is 0 Å². The topological polar surface area (TPSA) is 72.5 Å². The molecule has 1 aliphatic heterocycles. The number of methoxy groups -OCH3 is 5. The molecule has 1 unspecified atom stereocenters. The summed E-state index contributed by atoms with van der Waals surface area (Å²) in [5.74, 6) is 2.10. The van der Waals surface area contributed by atoms with Gasteiger partial charge in [0.05, 0.1) is 52.6 Å². The van der Waals surface area contributed by atoms with E-state index in [-0.39, 0.29) is 12.4 Å². The van der Waals surface area contributed by atoms with Crippen LogP contribution < -0.4 is 28.4 Å². The fraction of sp³-hybridized carbons (Fsp3) is 0.350. The average Bonchev–Trinajstić information content (AvgIpc) is 2.72. The molecule has 3 rings (SSSR count). The predicted molar refractivity (Wildman–Crippen MR) is 98.2 cm³/mol. The number of benzene rings is 2. The van der Waals surface area contributed by atoms with E-state index in [4.69, 9.17) is 28.4 Å². The molecule has 0 spiro atoms. The zero-order valence-corrected chi connectivity index (χ0v) is 16.0. The van der Waals surface area contributed by atoms with Crippen LogP contribution in [-0.2, 0) is 0 Å². The minimum atomic E-state index is -0.615. The fourth-order valence-corrected chi connectivity index (χ4v) is 3.26. The molecule has 0 fully saturated rings. The highest BCUT2D eigenvalue weighted by molar-refractivity contribution is 6.05. The van der Waals surface area contributed by atoms with Crippen molar-refractivity contribution in [2.24, 2.45) is 0 Å². The third-order valence-corrected chi connectivity index (χ3v) is 4.58. The molecule has 0 saturated heterocycles. The molecule has 7 heteroatoms. The fourth-order valence-electron chi connectivity index (χ4n) is 3.26. The quantitative estimate of drug-likeness (QED) is 0.769.